The summed E-state index contributed by atoms with van der Waals surface area (Å²) in [4.78, 5) is 4.01. The van der Waals surface area contributed by atoms with E-state index >= 15 is 0 Å². The van der Waals surface area contributed by atoms with Crippen LogP contribution in [-0.2, 0) is 5.41 Å². The molecule has 1 saturated heterocycles. The van der Waals surface area contributed by atoms with Crippen molar-refractivity contribution in [3.05, 3.63) is 30.1 Å². The number of hydrogen-bond donors (Lipinski definition) is 2. The molecule has 1 aliphatic heterocycles. The smallest absolute Gasteiger partial charge is 0.0528 e. The van der Waals surface area contributed by atoms with Crippen LogP contribution in [0.4, 0.5) is 0 Å². The molecule has 0 aliphatic carbocycles. The maximum Gasteiger partial charge on any atom is 0.0528 e. The first-order valence-corrected chi connectivity index (χ1v) is 5.09. The number of piperidine rings is 1. The fourth-order valence-corrected chi connectivity index (χ4v) is 2.15. The molecule has 1 aromatic rings. The van der Waals surface area contributed by atoms with E-state index in [9.17, 15) is 5.11 Å². The van der Waals surface area contributed by atoms with Crippen molar-refractivity contribution in [3.8, 4) is 0 Å². The van der Waals surface area contributed by atoms with Crippen LogP contribution in [0.2, 0.25) is 0 Å². The van der Waals surface area contributed by atoms with Gasteiger partial charge in [0.05, 0.1) is 6.61 Å². The van der Waals surface area contributed by atoms with Crippen molar-refractivity contribution in [2.45, 2.75) is 18.3 Å². The molecule has 2 heterocycles. The molecule has 1 aliphatic rings. The first kappa shape index (κ1) is 9.62. The lowest BCUT2D eigenvalue weighted by Gasteiger charge is -2.36. The number of hydrogen-bond acceptors (Lipinski definition) is 3. The second-order valence-electron chi connectivity index (χ2n) is 3.92. The highest BCUT2D eigenvalue weighted by atomic mass is 16.3. The normalized spacial score (nSPS) is 20.6. The first-order chi connectivity index (χ1) is 6.87. The summed E-state index contributed by atoms with van der Waals surface area (Å²) in [5.74, 6) is 0. The third kappa shape index (κ3) is 1.65. The Morgan fingerprint density at radius 3 is 2.50 bits per heavy atom. The second kappa shape index (κ2) is 4.07. The molecular weight excluding hydrogens is 176 g/mol. The van der Waals surface area contributed by atoms with Gasteiger partial charge < -0.3 is 10.4 Å². The minimum atomic E-state index is -0.0335. The van der Waals surface area contributed by atoms with Crippen LogP contribution < -0.4 is 5.32 Å². The van der Waals surface area contributed by atoms with Gasteiger partial charge in [0.15, 0.2) is 0 Å². The van der Waals surface area contributed by atoms with Crippen LogP contribution >= 0.6 is 0 Å². The lowest BCUT2D eigenvalue weighted by atomic mass is 9.74. The van der Waals surface area contributed by atoms with E-state index in [2.05, 4.69) is 10.3 Å². The van der Waals surface area contributed by atoms with Crippen molar-refractivity contribution in [1.29, 1.82) is 0 Å². The molecule has 0 amide bonds. The maximum absolute atomic E-state index is 9.55. The molecule has 2 rings (SSSR count). The first-order valence-electron chi connectivity index (χ1n) is 5.09. The fourth-order valence-electron chi connectivity index (χ4n) is 2.15. The molecule has 3 heteroatoms. The Labute approximate surface area is 84.2 Å². The SMILES string of the molecule is OCC1(c2ccncc2)CCNCC1. The van der Waals surface area contributed by atoms with Crippen LogP contribution in [0.1, 0.15) is 18.4 Å². The Morgan fingerprint density at radius 1 is 1.29 bits per heavy atom. The summed E-state index contributed by atoms with van der Waals surface area (Å²) in [6, 6.07) is 4.03. The number of aliphatic hydroxyl groups excluding tert-OH is 1. The van der Waals surface area contributed by atoms with Gasteiger partial charge in [-0.2, -0.15) is 0 Å². The number of nitrogens with one attached hydrogen (secondary N) is 1. The van der Waals surface area contributed by atoms with E-state index < -0.39 is 0 Å². The highest BCUT2D eigenvalue weighted by molar-refractivity contribution is 5.23. The summed E-state index contributed by atoms with van der Waals surface area (Å²) < 4.78 is 0. The van der Waals surface area contributed by atoms with Gasteiger partial charge in [-0.1, -0.05) is 0 Å². The molecule has 14 heavy (non-hydrogen) atoms. The van der Waals surface area contributed by atoms with Crippen LogP contribution in [0.3, 0.4) is 0 Å². The molecule has 0 spiro atoms. The van der Waals surface area contributed by atoms with Crippen LogP contribution in [0.15, 0.2) is 24.5 Å². The Bertz CT molecular complexity index is 281. The largest absolute Gasteiger partial charge is 0.395 e. The summed E-state index contributed by atoms with van der Waals surface area (Å²) in [6.45, 7) is 2.21. The van der Waals surface area contributed by atoms with Gasteiger partial charge in [-0.25, -0.2) is 0 Å². The number of aliphatic hydroxyl groups is 1. The maximum atomic E-state index is 9.55. The van der Waals surface area contributed by atoms with E-state index in [-0.39, 0.29) is 12.0 Å². The molecular formula is C11H16N2O. The molecule has 0 unspecified atom stereocenters. The number of pyridine rings is 1. The molecule has 1 aromatic heterocycles. The summed E-state index contributed by atoms with van der Waals surface area (Å²) in [6.07, 6.45) is 5.62. The fraction of sp³-hybridized carbons (Fsp3) is 0.545. The monoisotopic (exact) mass is 192 g/mol. The Balaban J connectivity index is 2.27. The van der Waals surface area contributed by atoms with E-state index in [1.807, 2.05) is 12.1 Å². The van der Waals surface area contributed by atoms with E-state index in [4.69, 9.17) is 0 Å². The van der Waals surface area contributed by atoms with E-state index in [1.54, 1.807) is 12.4 Å². The van der Waals surface area contributed by atoms with Gasteiger partial charge in [0, 0.05) is 17.8 Å². The third-order valence-electron chi connectivity index (χ3n) is 3.16. The van der Waals surface area contributed by atoms with Crippen molar-refractivity contribution >= 4 is 0 Å². The summed E-state index contributed by atoms with van der Waals surface area (Å²) in [5, 5.41) is 12.9. The van der Waals surface area contributed by atoms with Gasteiger partial charge in [-0.15, -0.1) is 0 Å². The van der Waals surface area contributed by atoms with Gasteiger partial charge in [0.1, 0.15) is 0 Å². The standard InChI is InChI=1S/C11H16N2O/c14-9-11(3-7-13-8-4-11)10-1-5-12-6-2-10/h1-2,5-6,13-14H,3-4,7-9H2. The molecule has 0 atom stereocenters. The van der Waals surface area contributed by atoms with Crippen molar-refractivity contribution in [1.82, 2.24) is 10.3 Å². The van der Waals surface area contributed by atoms with Gasteiger partial charge in [0.2, 0.25) is 0 Å². The van der Waals surface area contributed by atoms with E-state index in [0.717, 1.165) is 25.9 Å². The Kier molecular flexibility index (Phi) is 2.79. The van der Waals surface area contributed by atoms with Crippen LogP contribution in [0.5, 0.6) is 0 Å². The topological polar surface area (TPSA) is 45.2 Å². The summed E-state index contributed by atoms with van der Waals surface area (Å²) in [7, 11) is 0. The molecule has 0 aromatic carbocycles. The predicted octanol–water partition coefficient (Wildman–Crippen LogP) is 0.695. The molecule has 2 N–H and O–H groups in total. The zero-order valence-electron chi connectivity index (χ0n) is 8.24. The molecule has 0 radical (unpaired) electrons. The quantitative estimate of drug-likeness (QED) is 0.725. The lowest BCUT2D eigenvalue weighted by molar-refractivity contribution is 0.158. The summed E-state index contributed by atoms with van der Waals surface area (Å²) in [5.41, 5.74) is 1.19. The van der Waals surface area contributed by atoms with Gasteiger partial charge in [0.25, 0.3) is 0 Å². The van der Waals surface area contributed by atoms with E-state index in [0.29, 0.717) is 0 Å². The zero-order chi connectivity index (χ0) is 9.86. The Morgan fingerprint density at radius 2 is 1.93 bits per heavy atom. The minimum absolute atomic E-state index is 0.0335. The highest BCUT2D eigenvalue weighted by Gasteiger charge is 2.32. The third-order valence-corrected chi connectivity index (χ3v) is 3.16. The van der Waals surface area contributed by atoms with E-state index in [1.165, 1.54) is 5.56 Å². The van der Waals surface area contributed by atoms with Crippen LogP contribution in [0, 0.1) is 0 Å². The van der Waals surface area contributed by atoms with Crippen molar-refractivity contribution in [2.24, 2.45) is 0 Å². The van der Waals surface area contributed by atoms with Gasteiger partial charge >= 0.3 is 0 Å². The minimum Gasteiger partial charge on any atom is -0.395 e. The van der Waals surface area contributed by atoms with Crippen molar-refractivity contribution < 1.29 is 5.11 Å². The summed E-state index contributed by atoms with van der Waals surface area (Å²) >= 11 is 0. The Hall–Kier alpha value is -0.930. The molecule has 1 fully saturated rings. The van der Waals surface area contributed by atoms with Gasteiger partial charge in [-0.05, 0) is 43.6 Å². The predicted molar refractivity (Wildman–Crippen MR) is 55.1 cm³/mol. The number of nitrogens with zero attached hydrogens (tertiary/aromatic N) is 1. The average molecular weight is 192 g/mol. The molecule has 0 bridgehead atoms. The molecule has 3 nitrogen and oxygen atoms in total. The van der Waals surface area contributed by atoms with Crippen LogP contribution in [-0.4, -0.2) is 29.8 Å². The molecule has 76 valence electrons. The van der Waals surface area contributed by atoms with Crippen molar-refractivity contribution in [2.75, 3.05) is 19.7 Å². The number of aromatic nitrogens is 1. The van der Waals surface area contributed by atoms with Crippen LogP contribution in [0.25, 0.3) is 0 Å². The average Bonchev–Trinajstić information content (AvgIpc) is 2.31. The lowest BCUT2D eigenvalue weighted by Crippen LogP contribution is -2.42. The van der Waals surface area contributed by atoms with Gasteiger partial charge in [-0.3, -0.25) is 4.98 Å². The number of rotatable bonds is 2. The highest BCUT2D eigenvalue weighted by Crippen LogP contribution is 2.32. The van der Waals surface area contributed by atoms with Crippen molar-refractivity contribution in [3.63, 3.8) is 0 Å². The second-order valence-corrected chi connectivity index (χ2v) is 3.92. The zero-order valence-corrected chi connectivity index (χ0v) is 8.24. The molecule has 0 saturated carbocycles.